The molecule has 0 aromatic heterocycles. The predicted octanol–water partition coefficient (Wildman–Crippen LogP) is -0.0106. The Balaban J connectivity index is 1.64. The summed E-state index contributed by atoms with van der Waals surface area (Å²) in [6.07, 6.45) is -1.63. The third-order valence-electron chi connectivity index (χ3n) is 6.62. The van der Waals surface area contributed by atoms with E-state index in [0.29, 0.717) is 16.7 Å². The van der Waals surface area contributed by atoms with E-state index in [4.69, 9.17) is 10.5 Å². The average Bonchev–Trinajstić information content (AvgIpc) is 3.00. The van der Waals surface area contributed by atoms with Gasteiger partial charge >= 0.3 is 11.9 Å². The van der Waals surface area contributed by atoms with E-state index in [-0.39, 0.29) is 30.8 Å². The van der Waals surface area contributed by atoms with Crippen LogP contribution < -0.4 is 21.7 Å². The molecule has 0 aliphatic heterocycles. The summed E-state index contributed by atoms with van der Waals surface area (Å²) in [6, 6.07) is 16.5. The highest BCUT2D eigenvalue weighted by Gasteiger charge is 2.32. The number of nitrogens with two attached hydrogens (primary N) is 1. The van der Waals surface area contributed by atoms with Crippen LogP contribution in [0.25, 0.3) is 0 Å². The Bertz CT molecular complexity index is 1460. The molecule has 3 aromatic rings. The van der Waals surface area contributed by atoms with Crippen LogP contribution in [0.4, 0.5) is 0 Å². The fraction of sp³-hybridized carbons (Fsp3) is 0.281. The molecular formula is C32H36N4O9. The van der Waals surface area contributed by atoms with Gasteiger partial charge in [-0.15, -0.1) is 0 Å². The SMILES string of the molecule is C[C@@H](O)[C@H](NC(=O)[C@H](Cc1ccc(O)cc1)NC(=O)CNC(=O)[C@@H](N)Cc1ccc(O)cc1)C(=O)OC(=O)Cc1ccccc1. The zero-order valence-electron chi connectivity index (χ0n) is 24.5. The molecule has 0 fully saturated rings. The normalized spacial score (nSPS) is 13.4. The number of aromatic hydroxyl groups is 2. The molecule has 0 saturated heterocycles. The van der Waals surface area contributed by atoms with Crippen molar-refractivity contribution in [3.63, 3.8) is 0 Å². The van der Waals surface area contributed by atoms with Crippen molar-refractivity contribution in [2.75, 3.05) is 6.54 Å². The number of hydrogen-bond acceptors (Lipinski definition) is 10. The number of esters is 2. The van der Waals surface area contributed by atoms with E-state index in [1.165, 1.54) is 43.3 Å². The quantitative estimate of drug-likeness (QED) is 0.0944. The van der Waals surface area contributed by atoms with Crippen LogP contribution >= 0.6 is 0 Å². The Labute approximate surface area is 259 Å². The molecule has 13 nitrogen and oxygen atoms in total. The van der Waals surface area contributed by atoms with Crippen molar-refractivity contribution in [3.8, 4) is 11.5 Å². The lowest BCUT2D eigenvalue weighted by molar-refractivity contribution is -0.163. The number of rotatable bonds is 14. The van der Waals surface area contributed by atoms with Crippen molar-refractivity contribution in [2.24, 2.45) is 5.73 Å². The van der Waals surface area contributed by atoms with Gasteiger partial charge in [0, 0.05) is 6.42 Å². The van der Waals surface area contributed by atoms with Gasteiger partial charge in [0.25, 0.3) is 0 Å². The molecule has 0 heterocycles. The van der Waals surface area contributed by atoms with E-state index in [0.717, 1.165) is 0 Å². The first-order valence-electron chi connectivity index (χ1n) is 14.1. The summed E-state index contributed by atoms with van der Waals surface area (Å²) in [5.41, 5.74) is 7.76. The molecule has 8 N–H and O–H groups in total. The Morgan fingerprint density at radius 1 is 0.756 bits per heavy atom. The lowest BCUT2D eigenvalue weighted by Crippen LogP contribution is -2.57. The van der Waals surface area contributed by atoms with Gasteiger partial charge in [0.15, 0.2) is 6.04 Å². The van der Waals surface area contributed by atoms with Crippen LogP contribution in [0, 0.1) is 0 Å². The second-order valence-corrected chi connectivity index (χ2v) is 10.4. The molecule has 0 saturated carbocycles. The number of nitrogens with one attached hydrogen (secondary N) is 3. The van der Waals surface area contributed by atoms with Gasteiger partial charge in [-0.05, 0) is 54.3 Å². The number of aliphatic hydroxyl groups excluding tert-OH is 1. The lowest BCUT2D eigenvalue weighted by atomic mass is 10.0. The van der Waals surface area contributed by atoms with Crippen LogP contribution in [-0.2, 0) is 48.0 Å². The number of aliphatic hydroxyl groups is 1. The topological polar surface area (TPSA) is 217 Å². The minimum absolute atomic E-state index is 0.0211. The summed E-state index contributed by atoms with van der Waals surface area (Å²) in [5, 5.41) is 36.5. The summed E-state index contributed by atoms with van der Waals surface area (Å²) in [4.78, 5) is 63.6. The molecule has 3 amide bonds. The molecular weight excluding hydrogens is 584 g/mol. The zero-order valence-corrected chi connectivity index (χ0v) is 24.5. The number of carbonyl (C=O) groups excluding carboxylic acids is 5. The molecule has 0 spiro atoms. The highest BCUT2D eigenvalue weighted by atomic mass is 16.6. The average molecular weight is 621 g/mol. The second kappa shape index (κ2) is 16.5. The first kappa shape index (κ1) is 34.2. The number of hydrogen-bond donors (Lipinski definition) is 7. The van der Waals surface area contributed by atoms with E-state index < -0.39 is 60.4 Å². The molecule has 0 aliphatic rings. The molecule has 238 valence electrons. The van der Waals surface area contributed by atoms with Gasteiger partial charge in [-0.2, -0.15) is 0 Å². The molecule has 0 aliphatic carbocycles. The van der Waals surface area contributed by atoms with Crippen LogP contribution in [0.15, 0.2) is 78.9 Å². The molecule has 3 aromatic carbocycles. The fourth-order valence-corrected chi connectivity index (χ4v) is 4.20. The monoisotopic (exact) mass is 620 g/mol. The number of phenolic OH excluding ortho intramolecular Hbond substituents is 2. The Morgan fingerprint density at radius 2 is 1.31 bits per heavy atom. The van der Waals surface area contributed by atoms with Crippen LogP contribution in [0.1, 0.15) is 23.6 Å². The number of ether oxygens (including phenoxy) is 1. The van der Waals surface area contributed by atoms with Crippen LogP contribution in [0.3, 0.4) is 0 Å². The Morgan fingerprint density at radius 3 is 1.87 bits per heavy atom. The van der Waals surface area contributed by atoms with Crippen molar-refractivity contribution < 1.29 is 44.0 Å². The minimum atomic E-state index is -1.64. The Hall–Kier alpha value is -5.27. The number of amides is 3. The third kappa shape index (κ3) is 11.4. The van der Waals surface area contributed by atoms with Gasteiger partial charge < -0.3 is 41.7 Å². The highest BCUT2D eigenvalue weighted by molar-refractivity contribution is 5.95. The molecule has 13 heteroatoms. The van der Waals surface area contributed by atoms with E-state index in [1.807, 2.05) is 0 Å². The zero-order chi connectivity index (χ0) is 32.9. The van der Waals surface area contributed by atoms with Gasteiger partial charge in [-0.25, -0.2) is 4.79 Å². The third-order valence-corrected chi connectivity index (χ3v) is 6.62. The summed E-state index contributed by atoms with van der Waals surface area (Å²) in [7, 11) is 0. The standard InChI is InChI=1S/C32H36N4O9/c1-19(37)29(32(44)45-28(41)17-20-5-3-2-4-6-20)36-31(43)26(16-22-9-13-24(39)14-10-22)35-27(40)18-34-30(42)25(33)15-21-7-11-23(38)12-8-21/h2-14,19,25-26,29,37-39H,15-18,33H2,1H3,(H,34,42)(H,35,40)(H,36,43)/t19-,25+,26+,29+/m1/s1. The van der Waals surface area contributed by atoms with Crippen molar-refractivity contribution in [3.05, 3.63) is 95.6 Å². The molecule has 0 radical (unpaired) electrons. The van der Waals surface area contributed by atoms with Crippen LogP contribution in [-0.4, -0.2) is 75.8 Å². The molecule has 0 bridgehead atoms. The summed E-state index contributed by atoms with van der Waals surface area (Å²) < 4.78 is 4.87. The van der Waals surface area contributed by atoms with E-state index >= 15 is 0 Å². The second-order valence-electron chi connectivity index (χ2n) is 10.4. The molecule has 4 atom stereocenters. The molecule has 45 heavy (non-hydrogen) atoms. The summed E-state index contributed by atoms with van der Waals surface area (Å²) >= 11 is 0. The van der Waals surface area contributed by atoms with Gasteiger partial charge in [0.1, 0.15) is 17.5 Å². The number of phenols is 2. The highest BCUT2D eigenvalue weighted by Crippen LogP contribution is 2.13. The molecule has 0 unspecified atom stereocenters. The van der Waals surface area contributed by atoms with E-state index in [1.54, 1.807) is 42.5 Å². The lowest BCUT2D eigenvalue weighted by Gasteiger charge is -2.24. The van der Waals surface area contributed by atoms with Crippen molar-refractivity contribution in [2.45, 2.75) is 50.4 Å². The molecule has 3 rings (SSSR count). The van der Waals surface area contributed by atoms with Gasteiger partial charge in [0.05, 0.1) is 25.1 Å². The maximum Gasteiger partial charge on any atom is 0.339 e. The summed E-state index contributed by atoms with van der Waals surface area (Å²) in [5.74, 6) is -4.31. The number of carbonyl (C=O) groups is 5. The number of benzene rings is 3. The van der Waals surface area contributed by atoms with Gasteiger partial charge in [-0.3, -0.25) is 19.2 Å². The van der Waals surface area contributed by atoms with Crippen molar-refractivity contribution in [1.82, 2.24) is 16.0 Å². The largest absolute Gasteiger partial charge is 0.508 e. The van der Waals surface area contributed by atoms with E-state index in [2.05, 4.69) is 16.0 Å². The van der Waals surface area contributed by atoms with E-state index in [9.17, 15) is 39.3 Å². The first-order valence-corrected chi connectivity index (χ1v) is 14.1. The smallest absolute Gasteiger partial charge is 0.339 e. The van der Waals surface area contributed by atoms with Crippen LogP contribution in [0.5, 0.6) is 11.5 Å². The maximum atomic E-state index is 13.3. The first-order chi connectivity index (χ1) is 21.4. The van der Waals surface area contributed by atoms with Crippen LogP contribution in [0.2, 0.25) is 0 Å². The summed E-state index contributed by atoms with van der Waals surface area (Å²) in [6.45, 7) is 0.690. The predicted molar refractivity (Wildman–Crippen MR) is 161 cm³/mol. The fourth-order valence-electron chi connectivity index (χ4n) is 4.20. The maximum absolute atomic E-state index is 13.3. The Kier molecular flexibility index (Phi) is 12.6. The van der Waals surface area contributed by atoms with Crippen molar-refractivity contribution in [1.29, 1.82) is 0 Å². The van der Waals surface area contributed by atoms with Gasteiger partial charge in [0.2, 0.25) is 17.7 Å². The van der Waals surface area contributed by atoms with Gasteiger partial charge in [-0.1, -0.05) is 54.6 Å². The minimum Gasteiger partial charge on any atom is -0.508 e. The van der Waals surface area contributed by atoms with Crippen molar-refractivity contribution >= 4 is 29.7 Å².